The number of nitrogens with one attached hydrogen (secondary N) is 2. The van der Waals surface area contributed by atoms with E-state index in [-0.39, 0.29) is 29.6 Å². The zero-order valence-corrected chi connectivity index (χ0v) is 17.7. The first-order valence-electron chi connectivity index (χ1n) is 8.37. The van der Waals surface area contributed by atoms with Gasteiger partial charge in [0.1, 0.15) is 5.65 Å². The van der Waals surface area contributed by atoms with E-state index in [1.54, 1.807) is 0 Å². The zero-order valence-electron chi connectivity index (χ0n) is 14.6. The van der Waals surface area contributed by atoms with Crippen molar-refractivity contribution in [2.75, 3.05) is 19.7 Å². The average Bonchev–Trinajstić information content (AvgIpc) is 3.16. The predicted molar refractivity (Wildman–Crippen MR) is 112 cm³/mol. The minimum absolute atomic E-state index is 0. The minimum Gasteiger partial charge on any atom is -0.373 e. The number of hydrogen-bond acceptors (Lipinski definition) is 3. The molecule has 0 saturated carbocycles. The number of aliphatic imine (C=N–C) groups is 1. The van der Waals surface area contributed by atoms with Crippen LogP contribution in [0.1, 0.15) is 32.4 Å². The number of fused-ring (bicyclic) bond motifs is 1. The second kappa shape index (κ2) is 9.05. The van der Waals surface area contributed by atoms with Crippen LogP contribution in [0.5, 0.6) is 0 Å². The second-order valence-corrected chi connectivity index (χ2v) is 6.73. The number of imidazole rings is 1. The number of hydrogen-bond donors (Lipinski definition) is 2. The van der Waals surface area contributed by atoms with Crippen molar-refractivity contribution in [2.24, 2.45) is 4.99 Å². The van der Waals surface area contributed by atoms with Gasteiger partial charge in [0, 0.05) is 32.1 Å². The maximum Gasteiger partial charge on any atom is 0.191 e. The molecule has 1 aliphatic heterocycles. The zero-order chi connectivity index (χ0) is 17.0. The molecule has 0 aromatic carbocycles. The van der Waals surface area contributed by atoms with E-state index < -0.39 is 0 Å². The van der Waals surface area contributed by atoms with E-state index in [2.05, 4.69) is 34.5 Å². The van der Waals surface area contributed by atoms with Gasteiger partial charge in [0.05, 0.1) is 22.9 Å². The lowest BCUT2D eigenvalue weighted by Crippen LogP contribution is -2.45. The lowest BCUT2D eigenvalue weighted by molar-refractivity contribution is 0.0243. The van der Waals surface area contributed by atoms with E-state index in [0.29, 0.717) is 11.6 Å². The van der Waals surface area contributed by atoms with Gasteiger partial charge in [-0.15, -0.1) is 24.0 Å². The molecule has 2 N–H and O–H groups in total. The Bertz CT molecular complexity index is 727. The standard InChI is InChI=1S/C17H24ClN5O.HI/c1-3-19-16(21-12-17(2)7-4-8-24-17)20-9-14-11-23-10-13(18)5-6-15(23)22-14;/h5-6,10-11H,3-4,7-9,12H2,1-2H3,(H2,19,20,21);1H. The molecule has 25 heavy (non-hydrogen) atoms. The molecule has 8 heteroatoms. The molecule has 1 unspecified atom stereocenters. The average molecular weight is 478 g/mol. The molecule has 1 fully saturated rings. The number of guanidine groups is 1. The van der Waals surface area contributed by atoms with Gasteiger partial charge < -0.3 is 19.8 Å². The third-order valence-electron chi connectivity index (χ3n) is 4.14. The molecule has 0 radical (unpaired) electrons. The van der Waals surface area contributed by atoms with E-state index in [4.69, 9.17) is 16.3 Å². The molecule has 3 heterocycles. The van der Waals surface area contributed by atoms with Crippen molar-refractivity contribution >= 4 is 47.2 Å². The van der Waals surface area contributed by atoms with Crippen LogP contribution in [-0.4, -0.2) is 40.6 Å². The number of rotatable bonds is 5. The molecule has 1 aliphatic rings. The fraction of sp³-hybridized carbons (Fsp3) is 0.529. The first-order chi connectivity index (χ1) is 11.6. The Morgan fingerprint density at radius 2 is 2.24 bits per heavy atom. The molecule has 0 amide bonds. The molecule has 2 aromatic rings. The highest BCUT2D eigenvalue weighted by molar-refractivity contribution is 14.0. The summed E-state index contributed by atoms with van der Waals surface area (Å²) >= 11 is 6.01. The molecule has 138 valence electrons. The Labute approximate surface area is 170 Å². The minimum atomic E-state index is -0.101. The molecule has 1 atom stereocenters. The summed E-state index contributed by atoms with van der Waals surface area (Å²) in [5.74, 6) is 0.782. The van der Waals surface area contributed by atoms with Gasteiger partial charge in [-0.2, -0.15) is 0 Å². The van der Waals surface area contributed by atoms with Gasteiger partial charge in [-0.05, 0) is 38.8 Å². The van der Waals surface area contributed by atoms with Crippen LogP contribution in [0.4, 0.5) is 0 Å². The molecular formula is C17H25ClIN5O. The fourth-order valence-electron chi connectivity index (χ4n) is 2.84. The highest BCUT2D eigenvalue weighted by Crippen LogP contribution is 2.23. The normalized spacial score (nSPS) is 20.5. The molecule has 2 aromatic heterocycles. The third kappa shape index (κ3) is 5.46. The van der Waals surface area contributed by atoms with E-state index in [0.717, 1.165) is 49.8 Å². The Morgan fingerprint density at radius 3 is 2.96 bits per heavy atom. The lowest BCUT2D eigenvalue weighted by Gasteiger charge is -2.24. The summed E-state index contributed by atoms with van der Waals surface area (Å²) in [6, 6.07) is 3.74. The van der Waals surface area contributed by atoms with Crippen LogP contribution in [0.25, 0.3) is 5.65 Å². The summed E-state index contributed by atoms with van der Waals surface area (Å²) in [5.41, 5.74) is 1.67. The maximum atomic E-state index is 6.01. The van der Waals surface area contributed by atoms with Gasteiger partial charge in [0.15, 0.2) is 5.96 Å². The molecule has 1 saturated heterocycles. The van der Waals surface area contributed by atoms with E-state index in [1.165, 1.54) is 0 Å². The summed E-state index contributed by atoms with van der Waals surface area (Å²) in [7, 11) is 0. The van der Waals surface area contributed by atoms with Crippen LogP contribution in [-0.2, 0) is 11.3 Å². The van der Waals surface area contributed by atoms with Crippen molar-refractivity contribution in [2.45, 2.75) is 38.8 Å². The first kappa shape index (κ1) is 20.3. The topological polar surface area (TPSA) is 63.0 Å². The summed E-state index contributed by atoms with van der Waals surface area (Å²) in [4.78, 5) is 9.18. The Morgan fingerprint density at radius 1 is 1.40 bits per heavy atom. The number of aromatic nitrogens is 2. The molecule has 3 rings (SSSR count). The summed E-state index contributed by atoms with van der Waals surface area (Å²) in [6.45, 7) is 7.10. The highest BCUT2D eigenvalue weighted by atomic mass is 127. The van der Waals surface area contributed by atoms with Crippen molar-refractivity contribution in [3.8, 4) is 0 Å². The first-order valence-corrected chi connectivity index (χ1v) is 8.75. The van der Waals surface area contributed by atoms with Crippen molar-refractivity contribution in [3.63, 3.8) is 0 Å². The molecular weight excluding hydrogens is 453 g/mol. The van der Waals surface area contributed by atoms with Crippen LogP contribution >= 0.6 is 35.6 Å². The van der Waals surface area contributed by atoms with Crippen LogP contribution in [0.3, 0.4) is 0 Å². The molecule has 6 nitrogen and oxygen atoms in total. The van der Waals surface area contributed by atoms with Crippen LogP contribution < -0.4 is 10.6 Å². The Kier molecular flexibility index (Phi) is 7.33. The van der Waals surface area contributed by atoms with Crippen molar-refractivity contribution in [3.05, 3.63) is 35.2 Å². The number of halogens is 2. The third-order valence-corrected chi connectivity index (χ3v) is 4.36. The van der Waals surface area contributed by atoms with E-state index in [9.17, 15) is 0 Å². The fourth-order valence-corrected chi connectivity index (χ4v) is 3.01. The predicted octanol–water partition coefficient (Wildman–Crippen LogP) is 3.23. The van der Waals surface area contributed by atoms with Gasteiger partial charge in [-0.3, -0.25) is 0 Å². The van der Waals surface area contributed by atoms with Crippen LogP contribution in [0.2, 0.25) is 5.02 Å². The van der Waals surface area contributed by atoms with E-state index >= 15 is 0 Å². The number of pyridine rings is 1. The molecule has 0 spiro atoms. The van der Waals surface area contributed by atoms with Crippen molar-refractivity contribution in [1.29, 1.82) is 0 Å². The maximum absolute atomic E-state index is 6.01. The van der Waals surface area contributed by atoms with Crippen LogP contribution in [0, 0.1) is 0 Å². The van der Waals surface area contributed by atoms with Crippen LogP contribution in [0.15, 0.2) is 29.5 Å². The SMILES string of the molecule is CCNC(=NCc1cn2cc(Cl)ccc2n1)NCC1(C)CCCO1.I. The van der Waals surface area contributed by atoms with E-state index in [1.807, 2.05) is 28.9 Å². The summed E-state index contributed by atoms with van der Waals surface area (Å²) in [6.07, 6.45) is 6.00. The molecule has 0 bridgehead atoms. The second-order valence-electron chi connectivity index (χ2n) is 6.30. The quantitative estimate of drug-likeness (QED) is 0.394. The highest BCUT2D eigenvalue weighted by Gasteiger charge is 2.29. The summed E-state index contributed by atoms with van der Waals surface area (Å²) in [5, 5.41) is 7.33. The number of nitrogens with zero attached hydrogens (tertiary/aromatic N) is 3. The largest absolute Gasteiger partial charge is 0.373 e. The van der Waals surface area contributed by atoms with Gasteiger partial charge in [0.2, 0.25) is 0 Å². The van der Waals surface area contributed by atoms with Crippen molar-refractivity contribution in [1.82, 2.24) is 20.0 Å². The summed E-state index contributed by atoms with van der Waals surface area (Å²) < 4.78 is 7.73. The lowest BCUT2D eigenvalue weighted by atomic mass is 10.0. The monoisotopic (exact) mass is 477 g/mol. The Balaban J connectivity index is 0.00000225. The van der Waals surface area contributed by atoms with Gasteiger partial charge >= 0.3 is 0 Å². The molecule has 0 aliphatic carbocycles. The Hall–Kier alpha value is -1.06. The smallest absolute Gasteiger partial charge is 0.191 e. The van der Waals surface area contributed by atoms with Gasteiger partial charge in [-0.25, -0.2) is 9.98 Å². The van der Waals surface area contributed by atoms with Crippen molar-refractivity contribution < 1.29 is 4.74 Å². The van der Waals surface area contributed by atoms with Gasteiger partial charge in [0.25, 0.3) is 0 Å². The van der Waals surface area contributed by atoms with Gasteiger partial charge in [-0.1, -0.05) is 11.6 Å². The number of ether oxygens (including phenoxy) is 1.